The number of anilines is 1. The summed E-state index contributed by atoms with van der Waals surface area (Å²) in [5.74, 6) is 0.443. The first-order valence-corrected chi connectivity index (χ1v) is 3.82. The lowest BCUT2D eigenvalue weighted by atomic mass is 10.1. The van der Waals surface area contributed by atoms with Crippen molar-refractivity contribution in [1.82, 2.24) is 4.98 Å². The van der Waals surface area contributed by atoms with Crippen LogP contribution in [0.2, 0.25) is 0 Å². The predicted octanol–water partition coefficient (Wildman–Crippen LogP) is 0.0460. The van der Waals surface area contributed by atoms with Crippen molar-refractivity contribution in [3.8, 4) is 0 Å². The van der Waals surface area contributed by atoms with Crippen LogP contribution in [-0.4, -0.2) is 16.7 Å². The van der Waals surface area contributed by atoms with Crippen molar-refractivity contribution in [3.63, 3.8) is 0 Å². The van der Waals surface area contributed by atoms with E-state index in [1.54, 1.807) is 12.3 Å². The molecule has 66 valence electrons. The summed E-state index contributed by atoms with van der Waals surface area (Å²) in [6.45, 7) is 0.0650. The van der Waals surface area contributed by atoms with Gasteiger partial charge < -0.3 is 16.6 Å². The lowest BCUT2D eigenvalue weighted by Crippen LogP contribution is -2.14. The largest absolute Gasteiger partial charge is 0.396 e. The summed E-state index contributed by atoms with van der Waals surface area (Å²) in [6.07, 6.45) is 2.13. The number of nitrogen functional groups attached to an aromatic ring is 1. The quantitative estimate of drug-likeness (QED) is 0.593. The maximum absolute atomic E-state index is 8.65. The molecule has 5 N–H and O–H groups in total. The Morgan fingerprint density at radius 2 is 2.33 bits per heavy atom. The van der Waals surface area contributed by atoms with Gasteiger partial charge in [-0.05, 0) is 12.5 Å². The zero-order valence-electron chi connectivity index (χ0n) is 6.77. The van der Waals surface area contributed by atoms with Gasteiger partial charge in [-0.15, -0.1) is 0 Å². The molecule has 0 fully saturated rings. The van der Waals surface area contributed by atoms with Crippen LogP contribution in [0.15, 0.2) is 18.3 Å². The van der Waals surface area contributed by atoms with E-state index in [9.17, 15) is 0 Å². The van der Waals surface area contributed by atoms with Gasteiger partial charge in [-0.1, -0.05) is 6.07 Å². The topological polar surface area (TPSA) is 85.2 Å². The Bertz CT molecular complexity index is 252. The lowest BCUT2D eigenvalue weighted by molar-refractivity contribution is 0.276. The van der Waals surface area contributed by atoms with E-state index in [1.165, 1.54) is 0 Å². The molecule has 0 unspecified atom stereocenters. The number of rotatable bonds is 3. The number of aliphatic hydroxyl groups excluding tert-OH is 1. The standard InChI is InChI=1S/C8H13N3O/c9-7(3-5-12)6-2-1-4-11-8(6)10/h1-2,4,7,12H,3,5,9H2,(H2,10,11)/t7-/m0/s1. The summed E-state index contributed by atoms with van der Waals surface area (Å²) in [7, 11) is 0. The van der Waals surface area contributed by atoms with Crippen molar-refractivity contribution < 1.29 is 5.11 Å². The summed E-state index contributed by atoms with van der Waals surface area (Å²) >= 11 is 0. The smallest absolute Gasteiger partial charge is 0.128 e. The molecular weight excluding hydrogens is 154 g/mol. The highest BCUT2D eigenvalue weighted by molar-refractivity contribution is 5.40. The molecule has 0 saturated carbocycles. The average molecular weight is 167 g/mol. The second-order valence-corrected chi connectivity index (χ2v) is 2.60. The Kier molecular flexibility index (Phi) is 3.01. The van der Waals surface area contributed by atoms with Crippen LogP contribution in [-0.2, 0) is 0 Å². The van der Waals surface area contributed by atoms with Gasteiger partial charge in [0.25, 0.3) is 0 Å². The molecule has 4 heteroatoms. The maximum atomic E-state index is 8.65. The molecule has 4 nitrogen and oxygen atoms in total. The number of pyridine rings is 1. The summed E-state index contributed by atoms with van der Waals surface area (Å²) in [5, 5.41) is 8.65. The molecular formula is C8H13N3O. The highest BCUT2D eigenvalue weighted by atomic mass is 16.3. The average Bonchev–Trinajstić information content (AvgIpc) is 2.05. The summed E-state index contributed by atoms with van der Waals surface area (Å²) in [5.41, 5.74) is 12.1. The molecule has 0 aliphatic rings. The fraction of sp³-hybridized carbons (Fsp3) is 0.375. The van der Waals surface area contributed by atoms with E-state index in [2.05, 4.69) is 4.98 Å². The first kappa shape index (κ1) is 8.96. The van der Waals surface area contributed by atoms with Crippen molar-refractivity contribution in [2.45, 2.75) is 12.5 Å². The number of aromatic nitrogens is 1. The molecule has 0 aliphatic carbocycles. The number of aliphatic hydroxyl groups is 1. The zero-order valence-corrected chi connectivity index (χ0v) is 6.77. The number of hydrogen-bond acceptors (Lipinski definition) is 4. The minimum atomic E-state index is -0.219. The van der Waals surface area contributed by atoms with E-state index >= 15 is 0 Å². The first-order chi connectivity index (χ1) is 5.75. The lowest BCUT2D eigenvalue weighted by Gasteiger charge is -2.11. The van der Waals surface area contributed by atoms with Crippen LogP contribution in [0.5, 0.6) is 0 Å². The Morgan fingerprint density at radius 3 is 2.92 bits per heavy atom. The zero-order chi connectivity index (χ0) is 8.97. The van der Waals surface area contributed by atoms with E-state index in [0.29, 0.717) is 12.2 Å². The van der Waals surface area contributed by atoms with Crippen molar-refractivity contribution >= 4 is 5.82 Å². The maximum Gasteiger partial charge on any atom is 0.128 e. The third kappa shape index (κ3) is 1.93. The number of nitrogens with two attached hydrogens (primary N) is 2. The van der Waals surface area contributed by atoms with E-state index < -0.39 is 0 Å². The third-order valence-electron chi connectivity index (χ3n) is 1.71. The summed E-state index contributed by atoms with van der Waals surface area (Å²) < 4.78 is 0. The summed E-state index contributed by atoms with van der Waals surface area (Å²) in [6, 6.07) is 3.38. The van der Waals surface area contributed by atoms with Crippen molar-refractivity contribution in [2.75, 3.05) is 12.3 Å². The molecule has 1 atom stereocenters. The van der Waals surface area contributed by atoms with Gasteiger partial charge in [0.15, 0.2) is 0 Å². The van der Waals surface area contributed by atoms with Gasteiger partial charge in [0.05, 0.1) is 0 Å². The molecule has 0 spiro atoms. The second kappa shape index (κ2) is 4.04. The van der Waals surface area contributed by atoms with Crippen molar-refractivity contribution in [3.05, 3.63) is 23.9 Å². The third-order valence-corrected chi connectivity index (χ3v) is 1.71. The summed E-state index contributed by atoms with van der Waals surface area (Å²) in [4.78, 5) is 3.90. The monoisotopic (exact) mass is 167 g/mol. The van der Waals surface area contributed by atoms with Crippen LogP contribution < -0.4 is 11.5 Å². The second-order valence-electron chi connectivity index (χ2n) is 2.60. The van der Waals surface area contributed by atoms with E-state index in [-0.39, 0.29) is 12.6 Å². The normalized spacial score (nSPS) is 12.8. The van der Waals surface area contributed by atoms with Crippen LogP contribution in [0.1, 0.15) is 18.0 Å². The van der Waals surface area contributed by atoms with Crippen molar-refractivity contribution in [1.29, 1.82) is 0 Å². The molecule has 1 rings (SSSR count). The molecule has 0 bridgehead atoms. The molecule has 0 aromatic carbocycles. The Morgan fingerprint density at radius 1 is 1.58 bits per heavy atom. The van der Waals surface area contributed by atoms with E-state index in [1.807, 2.05) is 6.07 Å². The van der Waals surface area contributed by atoms with E-state index in [0.717, 1.165) is 5.56 Å². The minimum Gasteiger partial charge on any atom is -0.396 e. The highest BCUT2D eigenvalue weighted by Gasteiger charge is 2.08. The Labute approximate surface area is 71.2 Å². The number of hydrogen-bond donors (Lipinski definition) is 3. The molecule has 0 radical (unpaired) electrons. The van der Waals surface area contributed by atoms with Crippen molar-refractivity contribution in [2.24, 2.45) is 5.73 Å². The Balaban J connectivity index is 2.79. The minimum absolute atomic E-state index is 0.0650. The highest BCUT2D eigenvalue weighted by Crippen LogP contribution is 2.17. The van der Waals surface area contributed by atoms with Crippen LogP contribution in [0.25, 0.3) is 0 Å². The molecule has 1 aromatic rings. The van der Waals surface area contributed by atoms with Crippen LogP contribution in [0, 0.1) is 0 Å². The van der Waals surface area contributed by atoms with Gasteiger partial charge in [-0.2, -0.15) is 0 Å². The molecule has 0 amide bonds. The molecule has 1 heterocycles. The Hall–Kier alpha value is -1.13. The molecule has 12 heavy (non-hydrogen) atoms. The van der Waals surface area contributed by atoms with E-state index in [4.69, 9.17) is 16.6 Å². The SMILES string of the molecule is Nc1ncccc1[C@@H](N)CCO. The molecule has 1 aromatic heterocycles. The van der Waals surface area contributed by atoms with Crippen LogP contribution >= 0.6 is 0 Å². The van der Waals surface area contributed by atoms with Crippen LogP contribution in [0.3, 0.4) is 0 Å². The van der Waals surface area contributed by atoms with Crippen LogP contribution in [0.4, 0.5) is 5.82 Å². The van der Waals surface area contributed by atoms with Gasteiger partial charge in [0.2, 0.25) is 0 Å². The van der Waals surface area contributed by atoms with Gasteiger partial charge in [-0.3, -0.25) is 0 Å². The molecule has 0 saturated heterocycles. The van der Waals surface area contributed by atoms with Gasteiger partial charge in [-0.25, -0.2) is 4.98 Å². The predicted molar refractivity (Wildman–Crippen MR) is 47.3 cm³/mol. The first-order valence-electron chi connectivity index (χ1n) is 3.82. The van der Waals surface area contributed by atoms with Gasteiger partial charge in [0.1, 0.15) is 5.82 Å². The fourth-order valence-corrected chi connectivity index (χ4v) is 1.04. The fourth-order valence-electron chi connectivity index (χ4n) is 1.04. The molecule has 0 aliphatic heterocycles. The van der Waals surface area contributed by atoms with Gasteiger partial charge in [0, 0.05) is 24.4 Å². The van der Waals surface area contributed by atoms with Gasteiger partial charge >= 0.3 is 0 Å². The number of nitrogens with zero attached hydrogens (tertiary/aromatic N) is 1.